The SMILES string of the molecule is COCCNC(CC(=O)O)Cc1c(C)c(C)cc(C)c1C. The summed E-state index contributed by atoms with van der Waals surface area (Å²) >= 11 is 0. The van der Waals surface area contributed by atoms with Gasteiger partial charge in [0.2, 0.25) is 0 Å². The highest BCUT2D eigenvalue weighted by Gasteiger charge is 2.17. The molecule has 1 atom stereocenters. The number of hydrogen-bond donors (Lipinski definition) is 2. The lowest BCUT2D eigenvalue weighted by atomic mass is 9.89. The number of carbonyl (C=O) groups is 1. The second-order valence-corrected chi connectivity index (χ2v) is 5.68. The van der Waals surface area contributed by atoms with Gasteiger partial charge in [-0.05, 0) is 61.9 Å². The van der Waals surface area contributed by atoms with E-state index in [0.29, 0.717) is 13.2 Å². The van der Waals surface area contributed by atoms with Crippen LogP contribution >= 0.6 is 0 Å². The van der Waals surface area contributed by atoms with Crippen molar-refractivity contribution in [2.75, 3.05) is 20.3 Å². The van der Waals surface area contributed by atoms with E-state index in [4.69, 9.17) is 9.84 Å². The zero-order valence-electron chi connectivity index (χ0n) is 13.7. The summed E-state index contributed by atoms with van der Waals surface area (Å²) in [5.41, 5.74) is 6.32. The van der Waals surface area contributed by atoms with E-state index < -0.39 is 5.97 Å². The van der Waals surface area contributed by atoms with Crippen molar-refractivity contribution in [3.63, 3.8) is 0 Å². The van der Waals surface area contributed by atoms with E-state index in [0.717, 1.165) is 6.42 Å². The Bertz CT molecular complexity index is 471. The van der Waals surface area contributed by atoms with Crippen LogP contribution in [0.4, 0.5) is 0 Å². The van der Waals surface area contributed by atoms with E-state index in [9.17, 15) is 4.79 Å². The van der Waals surface area contributed by atoms with E-state index in [1.807, 2.05) is 0 Å². The number of carboxylic acid groups (broad SMARTS) is 1. The van der Waals surface area contributed by atoms with E-state index in [1.54, 1.807) is 7.11 Å². The molecule has 0 aliphatic rings. The van der Waals surface area contributed by atoms with E-state index in [1.165, 1.54) is 27.8 Å². The Balaban J connectivity index is 2.94. The second kappa shape index (κ2) is 8.15. The molecule has 0 aromatic heterocycles. The molecule has 1 rings (SSSR count). The van der Waals surface area contributed by atoms with Crippen LogP contribution in [-0.2, 0) is 16.0 Å². The van der Waals surface area contributed by atoms with E-state index in [2.05, 4.69) is 39.1 Å². The van der Waals surface area contributed by atoms with Crippen molar-refractivity contribution in [1.82, 2.24) is 5.32 Å². The summed E-state index contributed by atoms with van der Waals surface area (Å²) in [6, 6.07) is 2.12. The van der Waals surface area contributed by atoms with Gasteiger partial charge in [0, 0.05) is 19.7 Å². The van der Waals surface area contributed by atoms with Crippen LogP contribution in [0, 0.1) is 27.7 Å². The largest absolute Gasteiger partial charge is 0.481 e. The number of hydrogen-bond acceptors (Lipinski definition) is 3. The van der Waals surface area contributed by atoms with Crippen molar-refractivity contribution < 1.29 is 14.6 Å². The third kappa shape index (κ3) is 5.14. The quantitative estimate of drug-likeness (QED) is 0.723. The smallest absolute Gasteiger partial charge is 0.304 e. The minimum absolute atomic E-state index is 0.0729. The molecule has 21 heavy (non-hydrogen) atoms. The van der Waals surface area contributed by atoms with Gasteiger partial charge in [-0.25, -0.2) is 0 Å². The summed E-state index contributed by atoms with van der Waals surface area (Å²) in [5, 5.41) is 12.4. The summed E-state index contributed by atoms with van der Waals surface area (Å²) in [5.74, 6) is -0.774. The maximum atomic E-state index is 11.1. The number of nitrogens with one attached hydrogen (secondary N) is 1. The third-order valence-electron chi connectivity index (χ3n) is 4.13. The molecule has 0 aliphatic heterocycles. The van der Waals surface area contributed by atoms with Crippen molar-refractivity contribution in [2.45, 2.75) is 46.6 Å². The van der Waals surface area contributed by atoms with Crippen LogP contribution in [-0.4, -0.2) is 37.4 Å². The molecular formula is C17H27NO3. The van der Waals surface area contributed by atoms with Gasteiger partial charge in [-0.15, -0.1) is 0 Å². The van der Waals surface area contributed by atoms with Crippen LogP contribution in [0.5, 0.6) is 0 Å². The molecule has 1 aromatic carbocycles. The molecule has 0 saturated carbocycles. The van der Waals surface area contributed by atoms with Crippen LogP contribution in [0.2, 0.25) is 0 Å². The molecule has 0 aliphatic carbocycles. The molecule has 1 aromatic rings. The molecule has 0 heterocycles. The predicted octanol–water partition coefficient (Wildman–Crippen LogP) is 2.54. The Kier molecular flexibility index (Phi) is 6.85. The van der Waals surface area contributed by atoms with Crippen molar-refractivity contribution in [3.8, 4) is 0 Å². The Morgan fingerprint density at radius 2 is 1.81 bits per heavy atom. The average molecular weight is 293 g/mol. The van der Waals surface area contributed by atoms with Crippen LogP contribution in [0.3, 0.4) is 0 Å². The standard InChI is InChI=1S/C17H27NO3/c1-11-8-12(2)14(4)16(13(11)3)9-15(10-17(19)20)18-6-7-21-5/h8,15,18H,6-7,9-10H2,1-5H3,(H,19,20). The van der Waals surface area contributed by atoms with Crippen molar-refractivity contribution in [1.29, 1.82) is 0 Å². The lowest BCUT2D eigenvalue weighted by Gasteiger charge is -2.21. The number of methoxy groups -OCH3 is 1. The highest BCUT2D eigenvalue weighted by atomic mass is 16.5. The minimum Gasteiger partial charge on any atom is -0.481 e. The molecule has 0 radical (unpaired) electrons. The predicted molar refractivity (Wildman–Crippen MR) is 85.0 cm³/mol. The Morgan fingerprint density at radius 1 is 1.24 bits per heavy atom. The normalized spacial score (nSPS) is 12.4. The molecule has 1 unspecified atom stereocenters. The number of rotatable bonds is 8. The van der Waals surface area contributed by atoms with Crippen LogP contribution in [0.1, 0.15) is 34.2 Å². The number of aryl methyl sites for hydroxylation is 2. The fourth-order valence-electron chi connectivity index (χ4n) is 2.64. The lowest BCUT2D eigenvalue weighted by molar-refractivity contribution is -0.137. The number of aliphatic carboxylic acids is 1. The molecule has 0 amide bonds. The minimum atomic E-state index is -0.774. The van der Waals surface area contributed by atoms with Crippen LogP contribution < -0.4 is 5.32 Å². The van der Waals surface area contributed by atoms with Crippen molar-refractivity contribution in [3.05, 3.63) is 33.9 Å². The molecule has 0 spiro atoms. The first-order chi connectivity index (χ1) is 9.86. The maximum Gasteiger partial charge on any atom is 0.304 e. The third-order valence-corrected chi connectivity index (χ3v) is 4.13. The van der Waals surface area contributed by atoms with Crippen LogP contribution in [0.25, 0.3) is 0 Å². The summed E-state index contributed by atoms with van der Waals surface area (Å²) in [6.07, 6.45) is 0.853. The fraction of sp³-hybridized carbons (Fsp3) is 0.588. The number of carboxylic acids is 1. The molecule has 0 bridgehead atoms. The summed E-state index contributed by atoms with van der Waals surface area (Å²) in [4.78, 5) is 11.1. The summed E-state index contributed by atoms with van der Waals surface area (Å²) in [7, 11) is 1.64. The topological polar surface area (TPSA) is 58.6 Å². The van der Waals surface area contributed by atoms with Crippen LogP contribution in [0.15, 0.2) is 6.07 Å². The maximum absolute atomic E-state index is 11.1. The number of ether oxygens (including phenoxy) is 1. The summed E-state index contributed by atoms with van der Waals surface area (Å²) < 4.78 is 5.02. The van der Waals surface area contributed by atoms with Gasteiger partial charge >= 0.3 is 5.97 Å². The highest BCUT2D eigenvalue weighted by Crippen LogP contribution is 2.23. The van der Waals surface area contributed by atoms with Gasteiger partial charge in [0.05, 0.1) is 13.0 Å². The van der Waals surface area contributed by atoms with Gasteiger partial charge in [-0.2, -0.15) is 0 Å². The van der Waals surface area contributed by atoms with Gasteiger partial charge in [-0.3, -0.25) is 4.79 Å². The monoisotopic (exact) mass is 293 g/mol. The summed E-state index contributed by atoms with van der Waals surface area (Å²) in [6.45, 7) is 9.69. The van der Waals surface area contributed by atoms with Gasteiger partial charge in [0.25, 0.3) is 0 Å². The Labute approximate surface area is 127 Å². The highest BCUT2D eigenvalue weighted by molar-refractivity contribution is 5.67. The molecule has 4 heteroatoms. The first kappa shape index (κ1) is 17.7. The average Bonchev–Trinajstić information content (AvgIpc) is 2.40. The van der Waals surface area contributed by atoms with Gasteiger partial charge in [-0.1, -0.05) is 6.07 Å². The van der Waals surface area contributed by atoms with Gasteiger partial charge < -0.3 is 15.2 Å². The van der Waals surface area contributed by atoms with Crippen molar-refractivity contribution >= 4 is 5.97 Å². The zero-order chi connectivity index (χ0) is 16.0. The zero-order valence-corrected chi connectivity index (χ0v) is 13.7. The lowest BCUT2D eigenvalue weighted by Crippen LogP contribution is -2.36. The molecule has 4 nitrogen and oxygen atoms in total. The first-order valence-electron chi connectivity index (χ1n) is 7.37. The van der Waals surface area contributed by atoms with E-state index in [-0.39, 0.29) is 12.5 Å². The number of benzene rings is 1. The molecular weight excluding hydrogens is 266 g/mol. The fourth-order valence-corrected chi connectivity index (χ4v) is 2.64. The Morgan fingerprint density at radius 3 is 2.29 bits per heavy atom. The Hall–Kier alpha value is -1.39. The van der Waals surface area contributed by atoms with Crippen molar-refractivity contribution in [2.24, 2.45) is 0 Å². The first-order valence-corrected chi connectivity index (χ1v) is 7.37. The van der Waals surface area contributed by atoms with E-state index >= 15 is 0 Å². The van der Waals surface area contributed by atoms with Gasteiger partial charge in [0.1, 0.15) is 0 Å². The molecule has 0 saturated heterocycles. The molecule has 118 valence electrons. The second-order valence-electron chi connectivity index (χ2n) is 5.68. The molecule has 0 fully saturated rings. The molecule has 2 N–H and O–H groups in total. The van der Waals surface area contributed by atoms with Gasteiger partial charge in [0.15, 0.2) is 0 Å².